The third kappa shape index (κ3) is 9.97. The lowest BCUT2D eigenvalue weighted by Crippen LogP contribution is -2.36. The summed E-state index contributed by atoms with van der Waals surface area (Å²) in [4.78, 5) is 0. The van der Waals surface area contributed by atoms with Crippen molar-refractivity contribution in [3.05, 3.63) is 34.9 Å². The molecule has 2 heteroatoms. The van der Waals surface area contributed by atoms with E-state index in [0.29, 0.717) is 6.42 Å². The summed E-state index contributed by atoms with van der Waals surface area (Å²) in [7, 11) is 0. The molecule has 0 spiro atoms. The highest BCUT2D eigenvalue weighted by Gasteiger charge is 2.29. The van der Waals surface area contributed by atoms with E-state index in [1.54, 1.807) is 0 Å². The number of allylic oxidation sites excluding steroid dienone is 6. The van der Waals surface area contributed by atoms with Crippen LogP contribution in [0.3, 0.4) is 0 Å². The Hall–Kier alpha value is -0.860. The van der Waals surface area contributed by atoms with E-state index in [1.807, 2.05) is 6.92 Å². The molecule has 0 aliphatic rings. The van der Waals surface area contributed by atoms with Crippen molar-refractivity contribution in [1.82, 2.24) is 0 Å². The molecule has 0 aromatic carbocycles. The van der Waals surface area contributed by atoms with Crippen molar-refractivity contribution in [3.63, 3.8) is 0 Å². The van der Waals surface area contributed by atoms with E-state index in [9.17, 15) is 10.2 Å². The molecule has 2 nitrogen and oxygen atoms in total. The van der Waals surface area contributed by atoms with Crippen LogP contribution in [0.4, 0.5) is 0 Å². The molecule has 0 aromatic heterocycles. The van der Waals surface area contributed by atoms with Crippen LogP contribution in [0.25, 0.3) is 0 Å². The van der Waals surface area contributed by atoms with Gasteiger partial charge in [0.1, 0.15) is 0 Å². The van der Waals surface area contributed by atoms with E-state index in [-0.39, 0.29) is 12.5 Å². The number of aliphatic hydroxyl groups excluding tert-OH is 1. The van der Waals surface area contributed by atoms with Crippen molar-refractivity contribution in [3.8, 4) is 0 Å². The Morgan fingerprint density at radius 3 is 2.00 bits per heavy atom. The maximum Gasteiger partial charge on any atom is 0.0675 e. The summed E-state index contributed by atoms with van der Waals surface area (Å²) in [6, 6.07) is 0. The molecule has 0 saturated carbocycles. The van der Waals surface area contributed by atoms with Gasteiger partial charge in [0.2, 0.25) is 0 Å². The number of hydrogen-bond acceptors (Lipinski definition) is 2. The first-order chi connectivity index (χ1) is 10.2. The van der Waals surface area contributed by atoms with Gasteiger partial charge in [0.15, 0.2) is 0 Å². The Morgan fingerprint density at radius 1 is 0.955 bits per heavy atom. The molecule has 0 fully saturated rings. The molecular formula is C20H36O2. The normalized spacial score (nSPS) is 15.9. The molecule has 0 bridgehead atoms. The van der Waals surface area contributed by atoms with Gasteiger partial charge in [0, 0.05) is 12.5 Å². The zero-order chi connectivity index (χ0) is 17.2. The number of hydrogen-bond donors (Lipinski definition) is 2. The predicted molar refractivity (Wildman–Crippen MR) is 96.9 cm³/mol. The quantitative estimate of drug-likeness (QED) is 0.546. The van der Waals surface area contributed by atoms with Crippen LogP contribution in [-0.4, -0.2) is 22.4 Å². The molecule has 2 N–H and O–H groups in total. The summed E-state index contributed by atoms with van der Waals surface area (Å²) in [6.07, 6.45) is 11.0. The molecular weight excluding hydrogens is 272 g/mol. The lowest BCUT2D eigenvalue weighted by atomic mass is 9.83. The fraction of sp³-hybridized carbons (Fsp3) is 0.700. The average Bonchev–Trinajstić information content (AvgIpc) is 2.37. The highest BCUT2D eigenvalue weighted by Crippen LogP contribution is 2.27. The van der Waals surface area contributed by atoms with Gasteiger partial charge < -0.3 is 10.2 Å². The molecule has 2 atom stereocenters. The van der Waals surface area contributed by atoms with Gasteiger partial charge >= 0.3 is 0 Å². The first-order valence-electron chi connectivity index (χ1n) is 8.44. The van der Waals surface area contributed by atoms with Gasteiger partial charge in [-0.3, -0.25) is 0 Å². The topological polar surface area (TPSA) is 40.5 Å². The summed E-state index contributed by atoms with van der Waals surface area (Å²) in [6.45, 7) is 12.4. The van der Waals surface area contributed by atoms with Crippen molar-refractivity contribution in [2.24, 2.45) is 5.92 Å². The Balaban J connectivity index is 4.49. The van der Waals surface area contributed by atoms with Crippen molar-refractivity contribution in [2.75, 3.05) is 6.61 Å². The maximum absolute atomic E-state index is 10.6. The fourth-order valence-corrected chi connectivity index (χ4v) is 2.42. The highest BCUT2D eigenvalue weighted by molar-refractivity contribution is 5.04. The minimum absolute atomic E-state index is 0.0274. The van der Waals surface area contributed by atoms with Crippen molar-refractivity contribution >= 4 is 0 Å². The van der Waals surface area contributed by atoms with Gasteiger partial charge in [-0.15, -0.1) is 0 Å². The summed E-state index contributed by atoms with van der Waals surface area (Å²) in [5.74, 6) is -0.100. The maximum atomic E-state index is 10.6. The second-order valence-electron chi connectivity index (χ2n) is 7.16. The van der Waals surface area contributed by atoms with Crippen molar-refractivity contribution < 1.29 is 10.2 Å². The zero-order valence-electron chi connectivity index (χ0n) is 15.4. The SMILES string of the molecule is CC(C)=CCC/C(C)=C/CC(CO)C(C)(O)CCC=C(C)C. The van der Waals surface area contributed by atoms with Crippen LogP contribution < -0.4 is 0 Å². The Morgan fingerprint density at radius 2 is 1.50 bits per heavy atom. The van der Waals surface area contributed by atoms with Gasteiger partial charge in [-0.1, -0.05) is 34.9 Å². The summed E-state index contributed by atoms with van der Waals surface area (Å²) in [5, 5.41) is 20.2. The minimum Gasteiger partial charge on any atom is -0.396 e. The Labute approximate surface area is 137 Å². The van der Waals surface area contributed by atoms with Gasteiger partial charge in [-0.2, -0.15) is 0 Å². The molecule has 0 amide bonds. The third-order valence-corrected chi connectivity index (χ3v) is 4.15. The molecule has 128 valence electrons. The first kappa shape index (κ1) is 21.1. The van der Waals surface area contributed by atoms with Crippen LogP contribution in [0.5, 0.6) is 0 Å². The lowest BCUT2D eigenvalue weighted by molar-refractivity contribution is -0.0289. The van der Waals surface area contributed by atoms with Crippen molar-refractivity contribution in [2.45, 2.75) is 79.2 Å². The van der Waals surface area contributed by atoms with E-state index in [4.69, 9.17) is 0 Å². The summed E-state index contributed by atoms with van der Waals surface area (Å²) < 4.78 is 0. The van der Waals surface area contributed by atoms with E-state index in [1.165, 1.54) is 16.7 Å². The van der Waals surface area contributed by atoms with Crippen LogP contribution in [0.1, 0.15) is 73.6 Å². The molecule has 0 radical (unpaired) electrons. The monoisotopic (exact) mass is 308 g/mol. The second-order valence-corrected chi connectivity index (χ2v) is 7.16. The Bertz CT molecular complexity index is 392. The number of rotatable bonds is 10. The molecule has 0 aromatic rings. The molecule has 2 unspecified atom stereocenters. The lowest BCUT2D eigenvalue weighted by Gasteiger charge is -2.31. The summed E-state index contributed by atoms with van der Waals surface area (Å²) >= 11 is 0. The average molecular weight is 309 g/mol. The summed E-state index contributed by atoms with van der Waals surface area (Å²) in [5.41, 5.74) is 3.13. The largest absolute Gasteiger partial charge is 0.396 e. The zero-order valence-corrected chi connectivity index (χ0v) is 15.4. The van der Waals surface area contributed by atoms with E-state index in [0.717, 1.165) is 25.7 Å². The Kier molecular flexibility index (Phi) is 10.4. The smallest absolute Gasteiger partial charge is 0.0675 e. The van der Waals surface area contributed by atoms with Crippen LogP contribution in [-0.2, 0) is 0 Å². The van der Waals surface area contributed by atoms with Crippen LogP contribution in [0, 0.1) is 5.92 Å². The number of aliphatic hydroxyl groups is 2. The van der Waals surface area contributed by atoms with Gasteiger partial charge in [0.05, 0.1) is 5.60 Å². The molecule has 0 aliphatic heterocycles. The highest BCUT2D eigenvalue weighted by atomic mass is 16.3. The predicted octanol–water partition coefficient (Wildman–Crippen LogP) is 5.18. The molecule has 22 heavy (non-hydrogen) atoms. The van der Waals surface area contributed by atoms with Gasteiger partial charge in [0.25, 0.3) is 0 Å². The molecule has 0 aliphatic carbocycles. The van der Waals surface area contributed by atoms with Crippen molar-refractivity contribution in [1.29, 1.82) is 0 Å². The van der Waals surface area contributed by atoms with E-state index >= 15 is 0 Å². The molecule has 0 rings (SSSR count). The van der Waals surface area contributed by atoms with Crippen LogP contribution in [0.2, 0.25) is 0 Å². The molecule has 0 saturated heterocycles. The van der Waals surface area contributed by atoms with Crippen LogP contribution >= 0.6 is 0 Å². The van der Waals surface area contributed by atoms with Crippen LogP contribution in [0.15, 0.2) is 34.9 Å². The first-order valence-corrected chi connectivity index (χ1v) is 8.44. The second kappa shape index (κ2) is 10.8. The third-order valence-electron chi connectivity index (χ3n) is 4.15. The van der Waals surface area contributed by atoms with Gasteiger partial charge in [-0.25, -0.2) is 0 Å². The van der Waals surface area contributed by atoms with Gasteiger partial charge in [-0.05, 0) is 73.6 Å². The van der Waals surface area contributed by atoms with E-state index < -0.39 is 5.60 Å². The molecule has 0 heterocycles. The fourth-order valence-electron chi connectivity index (χ4n) is 2.42. The van der Waals surface area contributed by atoms with E-state index in [2.05, 4.69) is 52.8 Å². The standard InChI is InChI=1S/C20H36O2/c1-16(2)9-7-11-18(5)12-13-19(15-21)20(6,22)14-8-10-17(3)4/h9-10,12,19,21-22H,7-8,11,13-15H2,1-6H3/b18-12+. The minimum atomic E-state index is -0.822.